The van der Waals surface area contributed by atoms with Crippen LogP contribution in [0, 0.1) is 34.5 Å². The van der Waals surface area contributed by atoms with Crippen LogP contribution in [0.2, 0.25) is 0 Å². The third-order valence-electron chi connectivity index (χ3n) is 11.9. The Morgan fingerprint density at radius 1 is 1.07 bits per heavy atom. The molecule has 5 fully saturated rings. The van der Waals surface area contributed by atoms with Gasteiger partial charge in [0.05, 0.1) is 35.4 Å². The van der Waals surface area contributed by atoms with E-state index >= 15 is 0 Å². The molecule has 0 aromatic heterocycles. The van der Waals surface area contributed by atoms with Crippen molar-refractivity contribution in [1.29, 1.82) is 0 Å². The lowest BCUT2D eigenvalue weighted by Crippen LogP contribution is -2.78. The van der Waals surface area contributed by atoms with E-state index in [1.807, 2.05) is 13.8 Å². The van der Waals surface area contributed by atoms with Crippen LogP contribution in [0.25, 0.3) is 0 Å². The lowest BCUT2D eigenvalue weighted by molar-refractivity contribution is -0.405. The smallest absolute Gasteiger partial charge is 0.331 e. The van der Waals surface area contributed by atoms with Gasteiger partial charge in [0.25, 0.3) is 0 Å². The largest absolute Gasteiger partial charge is 0.458 e. The number of rotatable bonds is 7. The van der Waals surface area contributed by atoms with Crippen LogP contribution < -0.4 is 0 Å². The van der Waals surface area contributed by atoms with Gasteiger partial charge in [0.2, 0.25) is 0 Å². The Labute approximate surface area is 238 Å². The first-order valence-corrected chi connectivity index (χ1v) is 15.1. The molecule has 0 bridgehead atoms. The minimum Gasteiger partial charge on any atom is -0.458 e. The third kappa shape index (κ3) is 4.02. The molecule has 40 heavy (non-hydrogen) atoms. The maximum Gasteiger partial charge on any atom is 0.331 e. The molecular formula is C31H48O9. The van der Waals surface area contributed by atoms with Crippen LogP contribution in [0.3, 0.4) is 0 Å². The van der Waals surface area contributed by atoms with Crippen LogP contribution in [0.4, 0.5) is 0 Å². The zero-order valence-corrected chi connectivity index (χ0v) is 25.0. The van der Waals surface area contributed by atoms with E-state index in [1.165, 1.54) is 0 Å². The number of fused-ring (bicyclic) bond motifs is 3. The van der Waals surface area contributed by atoms with Gasteiger partial charge in [-0.15, -0.1) is 0 Å². The molecule has 1 spiro atoms. The summed E-state index contributed by atoms with van der Waals surface area (Å²) in [5.41, 5.74) is -1.42. The van der Waals surface area contributed by atoms with Gasteiger partial charge >= 0.3 is 5.97 Å². The molecule has 226 valence electrons. The van der Waals surface area contributed by atoms with Gasteiger partial charge < -0.3 is 38.3 Å². The summed E-state index contributed by atoms with van der Waals surface area (Å²) in [7, 11) is 3.31. The standard InChI is InChI=1S/C31H48O9/c1-19-11-24-30(16-38-27(2,3)40-24)26-22(7-9-29(30,33)13-19)31(39-18-35-6)10-8-21(20-12-25(32)36-15-20)28(31,4)14-23(26)37-17-34-5/h12,19,21-24,26,33H,7-11,13-18H2,1-6H3/t19-,21+,22?,23+,24+,26?,28+,29-,30+,31-/m0/s1. The van der Waals surface area contributed by atoms with E-state index in [-0.39, 0.29) is 54.9 Å². The summed E-state index contributed by atoms with van der Waals surface area (Å²) in [5, 5.41) is 12.6. The average molecular weight is 565 g/mol. The Morgan fingerprint density at radius 2 is 1.85 bits per heavy atom. The Morgan fingerprint density at radius 3 is 2.55 bits per heavy atom. The molecule has 9 nitrogen and oxygen atoms in total. The Balaban J connectivity index is 1.50. The van der Waals surface area contributed by atoms with Gasteiger partial charge in [-0.25, -0.2) is 4.79 Å². The van der Waals surface area contributed by atoms with E-state index in [1.54, 1.807) is 20.3 Å². The number of ether oxygens (including phenoxy) is 7. The average Bonchev–Trinajstić information content (AvgIpc) is 3.44. The topological polar surface area (TPSA) is 102 Å². The van der Waals surface area contributed by atoms with E-state index in [0.29, 0.717) is 32.0 Å². The van der Waals surface area contributed by atoms with Crippen molar-refractivity contribution in [3.63, 3.8) is 0 Å². The fraction of sp³-hybridized carbons (Fsp3) is 0.903. The summed E-state index contributed by atoms with van der Waals surface area (Å²) in [6, 6.07) is 0. The molecule has 2 heterocycles. The lowest BCUT2D eigenvalue weighted by Gasteiger charge is -2.71. The van der Waals surface area contributed by atoms with Crippen LogP contribution in [0.5, 0.6) is 0 Å². The summed E-state index contributed by atoms with van der Waals surface area (Å²) in [6.45, 7) is 9.55. The molecule has 0 aromatic rings. The SMILES string of the molecule is COCO[C@@H]1C[C@]2(C)[C@@H](C3=CC(=O)OC3)CC[C@]2(OCOC)C2CC[C@]3(O)C[C@@H](C)C[C@H]4OC(C)(C)OC[C@]43C21. The van der Waals surface area contributed by atoms with Crippen molar-refractivity contribution < 1.29 is 43.1 Å². The minimum atomic E-state index is -0.940. The molecule has 4 aliphatic carbocycles. The molecule has 9 heteroatoms. The number of cyclic esters (lactones) is 1. The zero-order valence-electron chi connectivity index (χ0n) is 25.0. The summed E-state index contributed by atoms with van der Waals surface area (Å²) in [6.07, 6.45) is 6.76. The molecule has 1 saturated heterocycles. The first-order chi connectivity index (χ1) is 19.0. The number of hydrogen-bond donors (Lipinski definition) is 1. The molecular weight excluding hydrogens is 516 g/mol. The van der Waals surface area contributed by atoms with Gasteiger partial charge in [0, 0.05) is 31.6 Å². The van der Waals surface area contributed by atoms with E-state index in [4.69, 9.17) is 33.2 Å². The Hall–Kier alpha value is -1.07. The molecule has 2 unspecified atom stereocenters. The van der Waals surface area contributed by atoms with E-state index in [2.05, 4.69) is 13.8 Å². The van der Waals surface area contributed by atoms with Crippen molar-refractivity contribution >= 4 is 5.97 Å². The number of esters is 1. The molecule has 0 aromatic carbocycles. The van der Waals surface area contributed by atoms with Crippen LogP contribution in [0.15, 0.2) is 11.6 Å². The summed E-state index contributed by atoms with van der Waals surface area (Å²) >= 11 is 0. The Kier molecular flexibility index (Phi) is 7.25. The van der Waals surface area contributed by atoms with Gasteiger partial charge in [-0.1, -0.05) is 13.8 Å². The highest BCUT2D eigenvalue weighted by Gasteiger charge is 2.77. The van der Waals surface area contributed by atoms with Crippen molar-refractivity contribution in [3.8, 4) is 0 Å². The maximum absolute atomic E-state index is 12.6. The summed E-state index contributed by atoms with van der Waals surface area (Å²) in [5.74, 6) is -0.553. The second-order valence-corrected chi connectivity index (χ2v) is 14.2. The summed E-state index contributed by atoms with van der Waals surface area (Å²) in [4.78, 5) is 12.1. The fourth-order valence-electron chi connectivity index (χ4n) is 10.5. The van der Waals surface area contributed by atoms with Crippen LogP contribution in [0.1, 0.15) is 72.6 Å². The highest BCUT2D eigenvalue weighted by Crippen LogP contribution is 2.73. The molecule has 2 aliphatic heterocycles. The third-order valence-corrected chi connectivity index (χ3v) is 11.9. The van der Waals surface area contributed by atoms with Gasteiger partial charge in [-0.05, 0) is 82.1 Å². The van der Waals surface area contributed by atoms with Gasteiger partial charge in [0.15, 0.2) is 5.79 Å². The molecule has 0 amide bonds. The highest BCUT2D eigenvalue weighted by atomic mass is 16.7. The number of carbonyl (C=O) groups is 1. The molecule has 0 radical (unpaired) electrons. The van der Waals surface area contributed by atoms with Crippen LogP contribution in [-0.2, 0) is 38.0 Å². The summed E-state index contributed by atoms with van der Waals surface area (Å²) < 4.78 is 43.1. The minimum absolute atomic E-state index is 0.0662. The fourth-order valence-corrected chi connectivity index (χ4v) is 10.5. The lowest BCUT2D eigenvalue weighted by atomic mass is 9.39. The number of carbonyl (C=O) groups excluding carboxylic acids is 1. The van der Waals surface area contributed by atoms with Gasteiger partial charge in [-0.3, -0.25) is 0 Å². The quantitative estimate of drug-likeness (QED) is 0.364. The van der Waals surface area contributed by atoms with Crippen LogP contribution in [-0.4, -0.2) is 81.3 Å². The number of aliphatic hydroxyl groups is 1. The van der Waals surface area contributed by atoms with Crippen molar-refractivity contribution in [2.45, 2.75) is 102 Å². The molecule has 4 saturated carbocycles. The highest BCUT2D eigenvalue weighted by molar-refractivity contribution is 5.85. The number of methoxy groups -OCH3 is 2. The second kappa shape index (κ2) is 10.00. The predicted molar refractivity (Wildman–Crippen MR) is 144 cm³/mol. The predicted octanol–water partition coefficient (Wildman–Crippen LogP) is 3.96. The first kappa shape index (κ1) is 29.0. The van der Waals surface area contributed by atoms with Gasteiger partial charge in [-0.2, -0.15) is 0 Å². The normalized spacial score (nSPS) is 49.4. The maximum atomic E-state index is 12.6. The molecule has 10 atom stereocenters. The molecule has 1 N–H and O–H groups in total. The first-order valence-electron chi connectivity index (χ1n) is 15.1. The van der Waals surface area contributed by atoms with Crippen molar-refractivity contribution in [2.24, 2.45) is 34.5 Å². The van der Waals surface area contributed by atoms with E-state index < -0.39 is 22.4 Å². The zero-order chi connectivity index (χ0) is 28.6. The van der Waals surface area contributed by atoms with E-state index in [9.17, 15) is 9.90 Å². The van der Waals surface area contributed by atoms with Crippen molar-refractivity contribution in [1.82, 2.24) is 0 Å². The van der Waals surface area contributed by atoms with E-state index in [0.717, 1.165) is 37.7 Å². The Bertz CT molecular complexity index is 1030. The van der Waals surface area contributed by atoms with Crippen molar-refractivity contribution in [3.05, 3.63) is 11.6 Å². The molecule has 6 aliphatic rings. The molecule has 6 rings (SSSR count). The van der Waals surface area contributed by atoms with Gasteiger partial charge in [0.1, 0.15) is 20.2 Å². The van der Waals surface area contributed by atoms with Crippen molar-refractivity contribution in [2.75, 3.05) is 41.0 Å². The number of hydrogen-bond acceptors (Lipinski definition) is 9. The van der Waals surface area contributed by atoms with Crippen LogP contribution >= 0.6 is 0 Å². The second-order valence-electron chi connectivity index (χ2n) is 14.2. The monoisotopic (exact) mass is 564 g/mol.